The molecule has 3 atom stereocenters. The minimum Gasteiger partial charge on any atom is -0.351 e. The van der Waals surface area contributed by atoms with E-state index in [1.54, 1.807) is 6.08 Å². The Morgan fingerprint density at radius 2 is 2.44 bits per heavy atom. The zero-order valence-electron chi connectivity index (χ0n) is 10.3. The molecule has 92 valence electrons. The van der Waals surface area contributed by atoms with Gasteiger partial charge in [-0.15, -0.1) is 6.58 Å². The van der Waals surface area contributed by atoms with Gasteiger partial charge in [0.25, 0.3) is 0 Å². The minimum atomic E-state index is -0.0811. The number of likely N-dealkylation sites (tertiary alicyclic amines) is 1. The number of carbonyl (C=O) groups is 1. The summed E-state index contributed by atoms with van der Waals surface area (Å²) >= 11 is 0. The molecule has 0 aromatic heterocycles. The lowest BCUT2D eigenvalue weighted by Crippen LogP contribution is -2.54. The number of rotatable bonds is 4. The summed E-state index contributed by atoms with van der Waals surface area (Å²) in [5.74, 6) is 0.0715. The second kappa shape index (κ2) is 6.01. The largest absolute Gasteiger partial charge is 0.351 e. The molecular formula is C12H23N3O. The fraction of sp³-hybridized carbons (Fsp3) is 0.750. The summed E-state index contributed by atoms with van der Waals surface area (Å²) in [6.07, 6.45) is 3.64. The fourth-order valence-corrected chi connectivity index (χ4v) is 2.27. The van der Waals surface area contributed by atoms with Gasteiger partial charge in [-0.25, -0.2) is 0 Å². The van der Waals surface area contributed by atoms with E-state index in [2.05, 4.69) is 23.7 Å². The summed E-state index contributed by atoms with van der Waals surface area (Å²) in [5.41, 5.74) is 5.90. The summed E-state index contributed by atoms with van der Waals surface area (Å²) in [5, 5.41) is 2.83. The van der Waals surface area contributed by atoms with E-state index in [0.717, 1.165) is 19.4 Å². The number of nitrogens with zero attached hydrogens (tertiary/aromatic N) is 1. The lowest BCUT2D eigenvalue weighted by molar-refractivity contribution is -0.127. The number of nitrogens with two attached hydrogens (primary N) is 1. The second-order valence-electron chi connectivity index (χ2n) is 4.58. The van der Waals surface area contributed by atoms with E-state index in [0.29, 0.717) is 12.6 Å². The fourth-order valence-electron chi connectivity index (χ4n) is 2.27. The molecule has 1 heterocycles. The molecule has 0 saturated carbocycles. The predicted octanol–water partition coefficient (Wildman–Crippen LogP) is 0.489. The average molecular weight is 225 g/mol. The van der Waals surface area contributed by atoms with Crippen molar-refractivity contribution >= 4 is 5.91 Å². The molecule has 1 amide bonds. The van der Waals surface area contributed by atoms with Crippen molar-refractivity contribution < 1.29 is 4.79 Å². The molecular weight excluding hydrogens is 202 g/mol. The Balaban J connectivity index is 2.49. The number of carbonyl (C=O) groups excluding carboxylic acids is 1. The van der Waals surface area contributed by atoms with E-state index in [9.17, 15) is 4.79 Å². The maximum Gasteiger partial charge on any atom is 0.237 e. The van der Waals surface area contributed by atoms with Crippen molar-refractivity contribution in [1.29, 1.82) is 0 Å². The highest BCUT2D eigenvalue weighted by atomic mass is 16.2. The van der Waals surface area contributed by atoms with Gasteiger partial charge >= 0.3 is 0 Å². The Labute approximate surface area is 97.9 Å². The van der Waals surface area contributed by atoms with Crippen molar-refractivity contribution in [2.75, 3.05) is 13.1 Å². The van der Waals surface area contributed by atoms with Gasteiger partial charge in [0.2, 0.25) is 5.91 Å². The van der Waals surface area contributed by atoms with Crippen molar-refractivity contribution in [3.05, 3.63) is 12.7 Å². The van der Waals surface area contributed by atoms with Crippen LogP contribution in [-0.2, 0) is 4.79 Å². The molecule has 4 heteroatoms. The predicted molar refractivity (Wildman–Crippen MR) is 66.0 cm³/mol. The minimum absolute atomic E-state index is 0.0715. The first-order valence-corrected chi connectivity index (χ1v) is 5.96. The maximum absolute atomic E-state index is 11.8. The third-order valence-electron chi connectivity index (χ3n) is 3.27. The standard InChI is InChI=1S/C12H23N3O/c1-4-6-14-12(16)10(3)15-7-5-11(13)8-9(15)2/h4,9-11H,1,5-8,13H2,2-3H3,(H,14,16). The number of piperidine rings is 1. The first-order valence-electron chi connectivity index (χ1n) is 5.96. The summed E-state index contributed by atoms with van der Waals surface area (Å²) in [4.78, 5) is 14.0. The molecule has 1 fully saturated rings. The van der Waals surface area contributed by atoms with Crippen LogP contribution in [-0.4, -0.2) is 42.0 Å². The lowest BCUT2D eigenvalue weighted by atomic mass is 9.97. The van der Waals surface area contributed by atoms with Crippen molar-refractivity contribution in [3.63, 3.8) is 0 Å². The van der Waals surface area contributed by atoms with E-state index in [1.807, 2.05) is 6.92 Å². The molecule has 0 radical (unpaired) electrons. The van der Waals surface area contributed by atoms with Crippen molar-refractivity contribution in [2.24, 2.45) is 5.73 Å². The molecule has 3 N–H and O–H groups in total. The van der Waals surface area contributed by atoms with E-state index >= 15 is 0 Å². The molecule has 4 nitrogen and oxygen atoms in total. The Hall–Kier alpha value is -0.870. The molecule has 1 saturated heterocycles. The quantitative estimate of drug-likeness (QED) is 0.685. The summed E-state index contributed by atoms with van der Waals surface area (Å²) in [6.45, 7) is 9.11. The van der Waals surface area contributed by atoms with E-state index in [-0.39, 0.29) is 18.0 Å². The van der Waals surface area contributed by atoms with Gasteiger partial charge in [-0.1, -0.05) is 6.08 Å². The monoisotopic (exact) mass is 225 g/mol. The van der Waals surface area contributed by atoms with Crippen LogP contribution in [0.25, 0.3) is 0 Å². The maximum atomic E-state index is 11.8. The van der Waals surface area contributed by atoms with Crippen molar-refractivity contribution in [2.45, 2.75) is 44.8 Å². The summed E-state index contributed by atoms with van der Waals surface area (Å²) in [7, 11) is 0. The van der Waals surface area contributed by atoms with Gasteiger partial charge < -0.3 is 11.1 Å². The molecule has 1 aliphatic rings. The lowest BCUT2D eigenvalue weighted by Gasteiger charge is -2.39. The summed E-state index contributed by atoms with van der Waals surface area (Å²) in [6, 6.07) is 0.588. The first kappa shape index (κ1) is 13.2. The van der Waals surface area contributed by atoms with Crippen LogP contribution in [0.3, 0.4) is 0 Å². The van der Waals surface area contributed by atoms with Crippen LogP contribution in [0.2, 0.25) is 0 Å². The Bertz CT molecular complexity index is 255. The highest BCUT2D eigenvalue weighted by molar-refractivity contribution is 5.81. The SMILES string of the molecule is C=CCNC(=O)C(C)N1CCC(N)CC1C. The van der Waals surface area contributed by atoms with Crippen LogP contribution >= 0.6 is 0 Å². The third kappa shape index (κ3) is 3.32. The molecule has 0 bridgehead atoms. The number of hydrogen-bond donors (Lipinski definition) is 2. The Kier molecular flexibility index (Phi) is 4.96. The van der Waals surface area contributed by atoms with Crippen LogP contribution in [0.1, 0.15) is 26.7 Å². The van der Waals surface area contributed by atoms with Crippen molar-refractivity contribution in [1.82, 2.24) is 10.2 Å². The van der Waals surface area contributed by atoms with Crippen LogP contribution in [0.5, 0.6) is 0 Å². The normalized spacial score (nSPS) is 28.4. The third-order valence-corrected chi connectivity index (χ3v) is 3.27. The van der Waals surface area contributed by atoms with Gasteiger partial charge in [0.05, 0.1) is 6.04 Å². The van der Waals surface area contributed by atoms with Gasteiger partial charge in [-0.05, 0) is 26.7 Å². The molecule has 0 aromatic carbocycles. The van der Waals surface area contributed by atoms with Crippen LogP contribution < -0.4 is 11.1 Å². The molecule has 16 heavy (non-hydrogen) atoms. The van der Waals surface area contributed by atoms with Crippen LogP contribution in [0.4, 0.5) is 0 Å². The van der Waals surface area contributed by atoms with Gasteiger partial charge in [0, 0.05) is 25.2 Å². The smallest absolute Gasteiger partial charge is 0.237 e. The zero-order valence-corrected chi connectivity index (χ0v) is 10.3. The highest BCUT2D eigenvalue weighted by Crippen LogP contribution is 2.18. The Morgan fingerprint density at radius 1 is 1.75 bits per heavy atom. The van der Waals surface area contributed by atoms with Crippen LogP contribution in [0.15, 0.2) is 12.7 Å². The number of hydrogen-bond acceptors (Lipinski definition) is 3. The van der Waals surface area contributed by atoms with Gasteiger partial charge in [-0.3, -0.25) is 9.69 Å². The van der Waals surface area contributed by atoms with E-state index < -0.39 is 0 Å². The highest BCUT2D eigenvalue weighted by Gasteiger charge is 2.29. The summed E-state index contributed by atoms with van der Waals surface area (Å²) < 4.78 is 0. The molecule has 1 aliphatic heterocycles. The Morgan fingerprint density at radius 3 is 3.00 bits per heavy atom. The molecule has 0 aliphatic carbocycles. The topological polar surface area (TPSA) is 58.4 Å². The average Bonchev–Trinajstić information content (AvgIpc) is 2.25. The van der Waals surface area contributed by atoms with Gasteiger partial charge in [0.1, 0.15) is 0 Å². The zero-order chi connectivity index (χ0) is 12.1. The van der Waals surface area contributed by atoms with Gasteiger partial charge in [0.15, 0.2) is 0 Å². The van der Waals surface area contributed by atoms with Crippen molar-refractivity contribution in [3.8, 4) is 0 Å². The van der Waals surface area contributed by atoms with E-state index in [1.165, 1.54) is 0 Å². The second-order valence-corrected chi connectivity index (χ2v) is 4.58. The first-order chi connectivity index (χ1) is 7.56. The molecule has 0 aromatic rings. The number of amides is 1. The van der Waals surface area contributed by atoms with E-state index in [4.69, 9.17) is 5.73 Å². The number of nitrogens with one attached hydrogen (secondary N) is 1. The molecule has 3 unspecified atom stereocenters. The van der Waals surface area contributed by atoms with Gasteiger partial charge in [-0.2, -0.15) is 0 Å². The molecule has 0 spiro atoms. The molecule has 1 rings (SSSR count). The van der Waals surface area contributed by atoms with Crippen LogP contribution in [0, 0.1) is 0 Å².